The standard InChI is InChI=1S/C14H29NO/c1-5-11-15-12-14(7-6-8-14)10-9-13(2,3)16-4/h15H,5-12H2,1-4H3. The van der Waals surface area contributed by atoms with Crippen molar-refractivity contribution in [1.82, 2.24) is 5.32 Å². The average Bonchev–Trinajstić information content (AvgIpc) is 2.21. The van der Waals surface area contributed by atoms with E-state index in [-0.39, 0.29) is 5.60 Å². The third kappa shape index (κ3) is 4.06. The predicted octanol–water partition coefficient (Wildman–Crippen LogP) is 3.36. The van der Waals surface area contributed by atoms with E-state index in [0.717, 1.165) is 6.54 Å². The lowest BCUT2D eigenvalue weighted by Gasteiger charge is -2.44. The van der Waals surface area contributed by atoms with E-state index in [1.54, 1.807) is 0 Å². The number of nitrogens with one attached hydrogen (secondary N) is 1. The van der Waals surface area contributed by atoms with E-state index in [1.807, 2.05) is 7.11 Å². The van der Waals surface area contributed by atoms with Crippen LogP contribution in [0.5, 0.6) is 0 Å². The van der Waals surface area contributed by atoms with Gasteiger partial charge in [-0.05, 0) is 57.9 Å². The first-order valence-electron chi connectivity index (χ1n) is 6.79. The van der Waals surface area contributed by atoms with Crippen LogP contribution in [0.4, 0.5) is 0 Å². The molecule has 0 unspecified atom stereocenters. The average molecular weight is 227 g/mol. The quantitative estimate of drug-likeness (QED) is 0.642. The molecule has 0 heterocycles. The minimum atomic E-state index is 0.0490. The Hall–Kier alpha value is -0.0800. The summed E-state index contributed by atoms with van der Waals surface area (Å²) in [7, 11) is 1.82. The van der Waals surface area contributed by atoms with Crippen molar-refractivity contribution in [3.8, 4) is 0 Å². The van der Waals surface area contributed by atoms with Crippen molar-refractivity contribution in [3.63, 3.8) is 0 Å². The summed E-state index contributed by atoms with van der Waals surface area (Å²) < 4.78 is 5.51. The van der Waals surface area contributed by atoms with E-state index < -0.39 is 0 Å². The van der Waals surface area contributed by atoms with E-state index in [2.05, 4.69) is 26.1 Å². The molecule has 2 nitrogen and oxygen atoms in total. The van der Waals surface area contributed by atoms with Gasteiger partial charge in [-0.3, -0.25) is 0 Å². The van der Waals surface area contributed by atoms with Gasteiger partial charge < -0.3 is 10.1 Å². The molecule has 96 valence electrons. The summed E-state index contributed by atoms with van der Waals surface area (Å²) in [5, 5.41) is 3.59. The lowest BCUT2D eigenvalue weighted by molar-refractivity contribution is -0.00739. The summed E-state index contributed by atoms with van der Waals surface area (Å²) in [4.78, 5) is 0. The van der Waals surface area contributed by atoms with Crippen LogP contribution in [-0.4, -0.2) is 25.8 Å². The summed E-state index contributed by atoms with van der Waals surface area (Å²) in [5.41, 5.74) is 0.637. The normalized spacial score (nSPS) is 19.5. The molecule has 16 heavy (non-hydrogen) atoms. The molecule has 1 fully saturated rings. The number of methoxy groups -OCH3 is 1. The predicted molar refractivity (Wildman–Crippen MR) is 69.8 cm³/mol. The first-order chi connectivity index (χ1) is 7.54. The number of rotatable bonds is 8. The van der Waals surface area contributed by atoms with Crippen LogP contribution in [0, 0.1) is 5.41 Å². The Labute approximate surface area is 101 Å². The molecule has 0 aromatic carbocycles. The monoisotopic (exact) mass is 227 g/mol. The lowest BCUT2D eigenvalue weighted by Crippen LogP contribution is -2.41. The lowest BCUT2D eigenvalue weighted by atomic mass is 9.65. The Bertz CT molecular complexity index is 197. The van der Waals surface area contributed by atoms with E-state index >= 15 is 0 Å². The van der Waals surface area contributed by atoms with E-state index in [1.165, 1.54) is 45.1 Å². The summed E-state index contributed by atoms with van der Waals surface area (Å²) in [5.74, 6) is 0. The highest BCUT2D eigenvalue weighted by atomic mass is 16.5. The Balaban J connectivity index is 2.30. The van der Waals surface area contributed by atoms with Crippen LogP contribution >= 0.6 is 0 Å². The summed E-state index contributed by atoms with van der Waals surface area (Å²) >= 11 is 0. The molecule has 2 heteroatoms. The minimum Gasteiger partial charge on any atom is -0.379 e. The molecule has 0 aromatic rings. The van der Waals surface area contributed by atoms with Gasteiger partial charge in [0.15, 0.2) is 0 Å². The highest BCUT2D eigenvalue weighted by molar-refractivity contribution is 4.91. The number of ether oxygens (including phenoxy) is 1. The van der Waals surface area contributed by atoms with Gasteiger partial charge in [0.25, 0.3) is 0 Å². The topological polar surface area (TPSA) is 21.3 Å². The van der Waals surface area contributed by atoms with Crippen molar-refractivity contribution >= 4 is 0 Å². The van der Waals surface area contributed by atoms with E-state index in [4.69, 9.17) is 4.74 Å². The number of hydrogen-bond acceptors (Lipinski definition) is 2. The molecule has 1 rings (SSSR count). The van der Waals surface area contributed by atoms with Crippen LogP contribution in [0.3, 0.4) is 0 Å². The zero-order valence-electron chi connectivity index (χ0n) is 11.6. The fraction of sp³-hybridized carbons (Fsp3) is 1.00. The van der Waals surface area contributed by atoms with Crippen molar-refractivity contribution in [1.29, 1.82) is 0 Å². The largest absolute Gasteiger partial charge is 0.379 e. The zero-order valence-corrected chi connectivity index (χ0v) is 11.6. The summed E-state index contributed by atoms with van der Waals surface area (Å²) in [6, 6.07) is 0. The van der Waals surface area contributed by atoms with Crippen molar-refractivity contribution in [3.05, 3.63) is 0 Å². The highest BCUT2D eigenvalue weighted by Gasteiger charge is 2.37. The number of hydrogen-bond donors (Lipinski definition) is 1. The third-order valence-corrected chi connectivity index (χ3v) is 4.15. The Morgan fingerprint density at radius 3 is 2.44 bits per heavy atom. The minimum absolute atomic E-state index is 0.0490. The smallest absolute Gasteiger partial charge is 0.0623 e. The first-order valence-corrected chi connectivity index (χ1v) is 6.79. The van der Waals surface area contributed by atoms with Gasteiger partial charge in [-0.25, -0.2) is 0 Å². The zero-order chi connectivity index (χ0) is 12.1. The van der Waals surface area contributed by atoms with Gasteiger partial charge in [0.2, 0.25) is 0 Å². The van der Waals surface area contributed by atoms with Gasteiger partial charge in [0, 0.05) is 13.7 Å². The van der Waals surface area contributed by atoms with Crippen LogP contribution in [0.25, 0.3) is 0 Å². The van der Waals surface area contributed by atoms with Crippen LogP contribution in [0.2, 0.25) is 0 Å². The Morgan fingerprint density at radius 1 is 1.31 bits per heavy atom. The highest BCUT2D eigenvalue weighted by Crippen LogP contribution is 2.45. The molecule has 0 bridgehead atoms. The molecule has 0 amide bonds. The van der Waals surface area contributed by atoms with Gasteiger partial charge in [0.1, 0.15) is 0 Å². The van der Waals surface area contributed by atoms with Crippen LogP contribution in [0.1, 0.15) is 59.3 Å². The molecular formula is C14H29NO. The molecule has 1 N–H and O–H groups in total. The molecule has 0 saturated heterocycles. The summed E-state index contributed by atoms with van der Waals surface area (Å²) in [6.07, 6.45) is 7.95. The SMILES string of the molecule is CCCNCC1(CCC(C)(C)OC)CCC1. The van der Waals surface area contributed by atoms with Crippen molar-refractivity contribution in [2.75, 3.05) is 20.2 Å². The second-order valence-electron chi connectivity index (χ2n) is 5.99. The van der Waals surface area contributed by atoms with Crippen molar-refractivity contribution in [2.45, 2.75) is 64.9 Å². The Kier molecular flexibility index (Phi) is 5.26. The van der Waals surface area contributed by atoms with Crippen LogP contribution in [0.15, 0.2) is 0 Å². The van der Waals surface area contributed by atoms with Crippen LogP contribution in [-0.2, 0) is 4.74 Å². The molecular weight excluding hydrogens is 198 g/mol. The van der Waals surface area contributed by atoms with Crippen molar-refractivity contribution in [2.24, 2.45) is 5.41 Å². The third-order valence-electron chi connectivity index (χ3n) is 4.15. The van der Waals surface area contributed by atoms with Gasteiger partial charge in [-0.15, -0.1) is 0 Å². The second kappa shape index (κ2) is 6.02. The van der Waals surface area contributed by atoms with Crippen molar-refractivity contribution < 1.29 is 4.74 Å². The molecule has 1 aliphatic carbocycles. The molecule has 1 aliphatic rings. The maximum atomic E-state index is 5.51. The first kappa shape index (κ1) is 14.0. The maximum Gasteiger partial charge on any atom is 0.0623 e. The maximum absolute atomic E-state index is 5.51. The molecule has 0 spiro atoms. The summed E-state index contributed by atoms with van der Waals surface area (Å²) in [6.45, 7) is 8.99. The molecule has 0 aliphatic heterocycles. The van der Waals surface area contributed by atoms with E-state index in [9.17, 15) is 0 Å². The molecule has 0 atom stereocenters. The Morgan fingerprint density at radius 2 is 2.00 bits per heavy atom. The molecule has 0 radical (unpaired) electrons. The van der Waals surface area contributed by atoms with Gasteiger partial charge in [0.05, 0.1) is 5.60 Å². The fourth-order valence-corrected chi connectivity index (χ4v) is 2.39. The molecule has 0 aromatic heterocycles. The van der Waals surface area contributed by atoms with Gasteiger partial charge >= 0.3 is 0 Å². The van der Waals surface area contributed by atoms with Crippen LogP contribution < -0.4 is 5.32 Å². The van der Waals surface area contributed by atoms with Gasteiger partial charge in [-0.2, -0.15) is 0 Å². The van der Waals surface area contributed by atoms with E-state index in [0.29, 0.717) is 5.41 Å². The fourth-order valence-electron chi connectivity index (χ4n) is 2.39. The second-order valence-corrected chi connectivity index (χ2v) is 5.99. The van der Waals surface area contributed by atoms with Gasteiger partial charge in [-0.1, -0.05) is 13.3 Å². The molecule has 1 saturated carbocycles.